The molecule has 0 atom stereocenters. The minimum atomic E-state index is -0.00646. The van der Waals surface area contributed by atoms with Gasteiger partial charge in [0.05, 0.1) is 13.2 Å². The standard InChI is InChI=1S/C23H28BrN3O3/c24-21-4-2-20(3-5-21)22(28)6-7-23(29)27(18-19-8-10-25-11-9-19)13-1-12-26-14-16-30-17-15-26/h2-5,8-11H,1,6-7,12-18H2. The van der Waals surface area contributed by atoms with E-state index in [0.717, 1.165) is 49.3 Å². The third-order valence-corrected chi connectivity index (χ3v) is 5.74. The summed E-state index contributed by atoms with van der Waals surface area (Å²) in [6.07, 6.45) is 4.82. The van der Waals surface area contributed by atoms with Crippen LogP contribution in [0, 0.1) is 0 Å². The van der Waals surface area contributed by atoms with Crippen molar-refractivity contribution in [3.8, 4) is 0 Å². The topological polar surface area (TPSA) is 62.7 Å². The van der Waals surface area contributed by atoms with E-state index in [1.807, 2.05) is 29.2 Å². The molecule has 1 aromatic heterocycles. The fourth-order valence-electron chi connectivity index (χ4n) is 3.47. The molecule has 0 N–H and O–H groups in total. The molecule has 1 amide bonds. The van der Waals surface area contributed by atoms with Gasteiger partial charge in [-0.2, -0.15) is 0 Å². The van der Waals surface area contributed by atoms with Gasteiger partial charge < -0.3 is 9.64 Å². The van der Waals surface area contributed by atoms with Crippen LogP contribution in [0.25, 0.3) is 0 Å². The van der Waals surface area contributed by atoms with Crippen LogP contribution in [0.1, 0.15) is 35.2 Å². The number of Topliss-reactive ketones (excluding diaryl/α,β-unsaturated/α-hetero) is 1. The van der Waals surface area contributed by atoms with Gasteiger partial charge in [-0.15, -0.1) is 0 Å². The average Bonchev–Trinajstić information content (AvgIpc) is 2.78. The zero-order valence-electron chi connectivity index (χ0n) is 17.1. The van der Waals surface area contributed by atoms with Crippen LogP contribution in [0.5, 0.6) is 0 Å². The second-order valence-electron chi connectivity index (χ2n) is 7.41. The Morgan fingerprint density at radius 1 is 1.03 bits per heavy atom. The van der Waals surface area contributed by atoms with Gasteiger partial charge in [-0.1, -0.05) is 28.1 Å². The van der Waals surface area contributed by atoms with E-state index in [1.165, 1.54) is 0 Å². The lowest BCUT2D eigenvalue weighted by Gasteiger charge is -2.28. The van der Waals surface area contributed by atoms with Crippen LogP contribution in [0.3, 0.4) is 0 Å². The van der Waals surface area contributed by atoms with Crippen molar-refractivity contribution in [3.63, 3.8) is 0 Å². The Bertz CT molecular complexity index is 808. The number of benzene rings is 1. The molecule has 0 aliphatic carbocycles. The highest BCUT2D eigenvalue weighted by molar-refractivity contribution is 9.10. The van der Waals surface area contributed by atoms with E-state index in [0.29, 0.717) is 18.7 Å². The largest absolute Gasteiger partial charge is 0.379 e. The fraction of sp³-hybridized carbons (Fsp3) is 0.435. The van der Waals surface area contributed by atoms with Gasteiger partial charge in [-0.3, -0.25) is 19.5 Å². The highest BCUT2D eigenvalue weighted by atomic mass is 79.9. The van der Waals surface area contributed by atoms with Crippen LogP contribution >= 0.6 is 15.9 Å². The molecule has 0 unspecified atom stereocenters. The fourth-order valence-corrected chi connectivity index (χ4v) is 3.73. The summed E-state index contributed by atoms with van der Waals surface area (Å²) in [5.74, 6) is 0.00674. The van der Waals surface area contributed by atoms with E-state index in [1.54, 1.807) is 24.5 Å². The molecule has 1 fully saturated rings. The van der Waals surface area contributed by atoms with Crippen molar-refractivity contribution in [1.82, 2.24) is 14.8 Å². The highest BCUT2D eigenvalue weighted by Gasteiger charge is 2.17. The highest BCUT2D eigenvalue weighted by Crippen LogP contribution is 2.14. The number of rotatable bonds is 10. The molecule has 0 spiro atoms. The summed E-state index contributed by atoms with van der Waals surface area (Å²) < 4.78 is 6.32. The normalized spacial score (nSPS) is 14.4. The maximum Gasteiger partial charge on any atom is 0.223 e. The van der Waals surface area contributed by atoms with Gasteiger partial charge >= 0.3 is 0 Å². The Balaban J connectivity index is 1.54. The van der Waals surface area contributed by atoms with E-state index < -0.39 is 0 Å². The van der Waals surface area contributed by atoms with E-state index in [9.17, 15) is 9.59 Å². The first kappa shape index (κ1) is 22.6. The Morgan fingerprint density at radius 3 is 2.43 bits per heavy atom. The van der Waals surface area contributed by atoms with Gasteiger partial charge in [-0.25, -0.2) is 0 Å². The Morgan fingerprint density at radius 2 is 1.73 bits per heavy atom. The van der Waals surface area contributed by atoms with Crippen LogP contribution in [-0.4, -0.2) is 65.9 Å². The summed E-state index contributed by atoms with van der Waals surface area (Å²) in [7, 11) is 0. The number of halogens is 1. The predicted molar refractivity (Wildman–Crippen MR) is 119 cm³/mol. The van der Waals surface area contributed by atoms with Gasteiger partial charge in [0.25, 0.3) is 0 Å². The van der Waals surface area contributed by atoms with E-state index in [2.05, 4.69) is 25.8 Å². The number of morpholine rings is 1. The quantitative estimate of drug-likeness (QED) is 0.493. The van der Waals surface area contributed by atoms with E-state index >= 15 is 0 Å². The number of nitrogens with zero attached hydrogens (tertiary/aromatic N) is 3. The van der Waals surface area contributed by atoms with Crippen molar-refractivity contribution < 1.29 is 14.3 Å². The summed E-state index contributed by atoms with van der Waals surface area (Å²) in [6.45, 7) is 5.60. The SMILES string of the molecule is O=C(CCC(=O)N(CCCN1CCOCC1)Cc1ccncc1)c1ccc(Br)cc1. The van der Waals surface area contributed by atoms with Gasteiger partial charge in [0.2, 0.25) is 5.91 Å². The Labute approximate surface area is 186 Å². The summed E-state index contributed by atoms with van der Waals surface area (Å²) in [6, 6.07) is 11.1. The first-order chi connectivity index (χ1) is 14.6. The molecule has 2 heterocycles. The molecule has 1 aliphatic heterocycles. The first-order valence-corrected chi connectivity index (χ1v) is 11.2. The van der Waals surface area contributed by atoms with Crippen LogP contribution in [0.15, 0.2) is 53.3 Å². The van der Waals surface area contributed by atoms with Crippen molar-refractivity contribution in [2.24, 2.45) is 0 Å². The van der Waals surface area contributed by atoms with Crippen molar-refractivity contribution in [1.29, 1.82) is 0 Å². The van der Waals surface area contributed by atoms with Crippen molar-refractivity contribution in [2.75, 3.05) is 39.4 Å². The van der Waals surface area contributed by atoms with Gasteiger partial charge in [0.15, 0.2) is 5.78 Å². The molecular weight excluding hydrogens is 446 g/mol. The third-order valence-electron chi connectivity index (χ3n) is 5.21. The van der Waals surface area contributed by atoms with E-state index in [4.69, 9.17) is 4.74 Å². The number of ketones is 1. The smallest absolute Gasteiger partial charge is 0.223 e. The predicted octanol–water partition coefficient (Wildman–Crippen LogP) is 3.56. The minimum absolute atomic E-state index is 0.00646. The van der Waals surface area contributed by atoms with Gasteiger partial charge in [-0.05, 0) is 36.2 Å². The summed E-state index contributed by atoms with van der Waals surface area (Å²) in [5.41, 5.74) is 1.68. The molecule has 3 rings (SSSR count). The monoisotopic (exact) mass is 473 g/mol. The summed E-state index contributed by atoms with van der Waals surface area (Å²) in [5, 5.41) is 0. The number of aromatic nitrogens is 1. The zero-order chi connectivity index (χ0) is 21.2. The number of amides is 1. The average molecular weight is 474 g/mol. The van der Waals surface area contributed by atoms with Crippen molar-refractivity contribution >= 4 is 27.6 Å². The van der Waals surface area contributed by atoms with Crippen molar-refractivity contribution in [3.05, 3.63) is 64.4 Å². The number of hydrogen-bond acceptors (Lipinski definition) is 5. The second-order valence-corrected chi connectivity index (χ2v) is 8.32. The molecule has 30 heavy (non-hydrogen) atoms. The number of hydrogen-bond donors (Lipinski definition) is 0. The van der Waals surface area contributed by atoms with Gasteiger partial charge in [0, 0.05) is 68.0 Å². The molecule has 2 aromatic rings. The zero-order valence-corrected chi connectivity index (χ0v) is 18.7. The molecule has 1 aliphatic rings. The van der Waals surface area contributed by atoms with Crippen molar-refractivity contribution in [2.45, 2.75) is 25.8 Å². The van der Waals surface area contributed by atoms with E-state index in [-0.39, 0.29) is 24.5 Å². The number of carbonyl (C=O) groups excluding carboxylic acids is 2. The molecular formula is C23H28BrN3O3. The first-order valence-electron chi connectivity index (χ1n) is 10.4. The minimum Gasteiger partial charge on any atom is -0.379 e. The van der Waals surface area contributed by atoms with Crippen LogP contribution in [0.4, 0.5) is 0 Å². The lowest BCUT2D eigenvalue weighted by molar-refractivity contribution is -0.132. The maximum atomic E-state index is 12.9. The third kappa shape index (κ3) is 7.31. The van der Waals surface area contributed by atoms with Crippen LogP contribution in [0.2, 0.25) is 0 Å². The molecule has 1 aromatic carbocycles. The molecule has 0 radical (unpaired) electrons. The number of pyridine rings is 1. The molecule has 6 nitrogen and oxygen atoms in total. The lowest BCUT2D eigenvalue weighted by atomic mass is 10.1. The molecule has 160 valence electrons. The van der Waals surface area contributed by atoms with Gasteiger partial charge in [0.1, 0.15) is 0 Å². The summed E-state index contributed by atoms with van der Waals surface area (Å²) >= 11 is 3.37. The molecule has 0 saturated carbocycles. The number of ether oxygens (including phenoxy) is 1. The maximum absolute atomic E-state index is 12.9. The molecule has 7 heteroatoms. The molecule has 0 bridgehead atoms. The van der Waals surface area contributed by atoms with Crippen LogP contribution in [-0.2, 0) is 16.1 Å². The second kappa shape index (κ2) is 11.9. The molecule has 1 saturated heterocycles. The lowest BCUT2D eigenvalue weighted by Crippen LogP contribution is -2.39. The summed E-state index contributed by atoms with van der Waals surface area (Å²) in [4.78, 5) is 33.7. The number of carbonyl (C=O) groups is 2. The van der Waals surface area contributed by atoms with Crippen LogP contribution < -0.4 is 0 Å². The Kier molecular flexibility index (Phi) is 8.99. The Hall–Kier alpha value is -2.09.